The molecule has 0 aromatic heterocycles. The Labute approximate surface area is 116 Å². The summed E-state index contributed by atoms with van der Waals surface area (Å²) in [6.07, 6.45) is -0.212. The number of carbonyl (C=O) groups is 1. The summed E-state index contributed by atoms with van der Waals surface area (Å²) in [5.41, 5.74) is 0.806. The maximum absolute atomic E-state index is 13.1. The van der Waals surface area contributed by atoms with Crippen LogP contribution in [-0.4, -0.2) is 44.2 Å². The zero-order valence-electron chi connectivity index (χ0n) is 10.6. The standard InChI is InChI=1S/C13H15ClFNO3/c1-18-13(17)8-16-4-5-19-12(7-16)9-2-3-11(15)10(14)6-9/h2-3,6,12H,4-5,7-8H2,1H3. The zero-order chi connectivity index (χ0) is 13.8. The molecule has 6 heteroatoms. The summed E-state index contributed by atoms with van der Waals surface area (Å²) >= 11 is 5.76. The first-order valence-corrected chi connectivity index (χ1v) is 6.33. The van der Waals surface area contributed by atoms with Gasteiger partial charge in [0.2, 0.25) is 0 Å². The van der Waals surface area contributed by atoms with E-state index in [2.05, 4.69) is 4.74 Å². The predicted octanol–water partition coefficient (Wildman–Crippen LogP) is 2.03. The van der Waals surface area contributed by atoms with Crippen LogP contribution in [0.3, 0.4) is 0 Å². The van der Waals surface area contributed by atoms with Crippen molar-refractivity contribution in [1.29, 1.82) is 0 Å². The van der Waals surface area contributed by atoms with E-state index in [9.17, 15) is 9.18 Å². The average molecular weight is 288 g/mol. The van der Waals surface area contributed by atoms with Gasteiger partial charge in [-0.1, -0.05) is 17.7 Å². The first kappa shape index (κ1) is 14.2. The van der Waals surface area contributed by atoms with Crippen molar-refractivity contribution in [2.24, 2.45) is 0 Å². The molecule has 1 aromatic carbocycles. The van der Waals surface area contributed by atoms with Crippen molar-refractivity contribution in [3.63, 3.8) is 0 Å². The van der Waals surface area contributed by atoms with E-state index in [1.165, 1.54) is 13.2 Å². The first-order valence-electron chi connectivity index (χ1n) is 5.96. The van der Waals surface area contributed by atoms with Crippen LogP contribution in [-0.2, 0) is 14.3 Å². The highest BCUT2D eigenvalue weighted by Gasteiger charge is 2.24. The summed E-state index contributed by atoms with van der Waals surface area (Å²) in [6.45, 7) is 1.96. The van der Waals surface area contributed by atoms with E-state index >= 15 is 0 Å². The molecule has 1 saturated heterocycles. The molecule has 1 fully saturated rings. The Kier molecular flexibility index (Phi) is 4.74. The lowest BCUT2D eigenvalue weighted by Gasteiger charge is -2.32. The number of esters is 1. The van der Waals surface area contributed by atoms with Crippen LogP contribution in [0.1, 0.15) is 11.7 Å². The monoisotopic (exact) mass is 287 g/mol. The molecule has 1 aliphatic heterocycles. The van der Waals surface area contributed by atoms with Gasteiger partial charge in [-0.3, -0.25) is 9.69 Å². The molecule has 1 atom stereocenters. The van der Waals surface area contributed by atoms with Crippen LogP contribution in [0, 0.1) is 5.82 Å². The number of morpholine rings is 1. The average Bonchev–Trinajstić information content (AvgIpc) is 2.42. The minimum atomic E-state index is -0.451. The van der Waals surface area contributed by atoms with Crippen LogP contribution in [0.25, 0.3) is 0 Å². The van der Waals surface area contributed by atoms with Gasteiger partial charge in [0.25, 0.3) is 0 Å². The highest BCUT2D eigenvalue weighted by molar-refractivity contribution is 6.30. The van der Waals surface area contributed by atoms with Crippen LogP contribution < -0.4 is 0 Å². The number of methoxy groups -OCH3 is 1. The van der Waals surface area contributed by atoms with Crippen molar-refractivity contribution in [2.75, 3.05) is 33.4 Å². The predicted molar refractivity (Wildman–Crippen MR) is 68.6 cm³/mol. The van der Waals surface area contributed by atoms with E-state index < -0.39 is 5.82 Å². The summed E-state index contributed by atoms with van der Waals surface area (Å²) in [7, 11) is 1.36. The number of halogens is 2. The number of carbonyl (C=O) groups excluding carboxylic acids is 1. The minimum Gasteiger partial charge on any atom is -0.468 e. The topological polar surface area (TPSA) is 38.8 Å². The third-order valence-electron chi connectivity index (χ3n) is 3.05. The van der Waals surface area contributed by atoms with Crippen LogP contribution in [0.5, 0.6) is 0 Å². The van der Waals surface area contributed by atoms with Crippen molar-refractivity contribution in [3.05, 3.63) is 34.6 Å². The van der Waals surface area contributed by atoms with Gasteiger partial charge in [-0.25, -0.2) is 4.39 Å². The maximum atomic E-state index is 13.1. The SMILES string of the molecule is COC(=O)CN1CCOC(c2ccc(F)c(Cl)c2)C1. The van der Waals surface area contributed by atoms with Gasteiger partial charge in [-0.05, 0) is 17.7 Å². The fourth-order valence-corrected chi connectivity index (χ4v) is 2.20. The van der Waals surface area contributed by atoms with Gasteiger partial charge in [0.05, 0.1) is 31.4 Å². The lowest BCUT2D eigenvalue weighted by atomic mass is 10.1. The molecule has 0 aliphatic carbocycles. The Morgan fingerprint density at radius 1 is 1.63 bits per heavy atom. The summed E-state index contributed by atoms with van der Waals surface area (Å²) in [5, 5.41) is 0.0752. The quantitative estimate of drug-likeness (QED) is 0.798. The molecule has 0 bridgehead atoms. The third-order valence-corrected chi connectivity index (χ3v) is 3.34. The number of rotatable bonds is 3. The first-order chi connectivity index (χ1) is 9.10. The van der Waals surface area contributed by atoms with E-state index in [1.807, 2.05) is 4.90 Å². The Morgan fingerprint density at radius 2 is 2.42 bits per heavy atom. The molecule has 1 aromatic rings. The van der Waals surface area contributed by atoms with Gasteiger partial charge in [0, 0.05) is 13.1 Å². The molecule has 0 amide bonds. The molecule has 1 heterocycles. The van der Waals surface area contributed by atoms with Gasteiger partial charge >= 0.3 is 5.97 Å². The lowest BCUT2D eigenvalue weighted by Crippen LogP contribution is -2.41. The Balaban J connectivity index is 2.04. The third kappa shape index (κ3) is 3.65. The van der Waals surface area contributed by atoms with Gasteiger partial charge in [0.1, 0.15) is 5.82 Å². The summed E-state index contributed by atoms with van der Waals surface area (Å²) in [5.74, 6) is -0.731. The fraction of sp³-hybridized carbons (Fsp3) is 0.462. The Morgan fingerprint density at radius 3 is 3.11 bits per heavy atom. The van der Waals surface area contributed by atoms with E-state index in [0.29, 0.717) is 19.7 Å². The van der Waals surface area contributed by atoms with Gasteiger partial charge in [0.15, 0.2) is 0 Å². The molecule has 1 aliphatic rings. The van der Waals surface area contributed by atoms with E-state index in [1.54, 1.807) is 12.1 Å². The van der Waals surface area contributed by atoms with E-state index in [0.717, 1.165) is 5.56 Å². The number of nitrogens with zero attached hydrogens (tertiary/aromatic N) is 1. The molecular formula is C13H15ClFNO3. The van der Waals surface area contributed by atoms with Crippen molar-refractivity contribution < 1.29 is 18.7 Å². The van der Waals surface area contributed by atoms with E-state index in [-0.39, 0.29) is 23.6 Å². The lowest BCUT2D eigenvalue weighted by molar-refractivity contribution is -0.143. The van der Waals surface area contributed by atoms with Gasteiger partial charge in [-0.2, -0.15) is 0 Å². The largest absolute Gasteiger partial charge is 0.468 e. The van der Waals surface area contributed by atoms with Crippen LogP contribution in [0.4, 0.5) is 4.39 Å². The number of ether oxygens (including phenoxy) is 2. The molecule has 19 heavy (non-hydrogen) atoms. The normalized spacial score (nSPS) is 20.3. The number of benzene rings is 1. The van der Waals surface area contributed by atoms with E-state index in [4.69, 9.17) is 16.3 Å². The van der Waals surface area contributed by atoms with Crippen molar-refractivity contribution in [2.45, 2.75) is 6.10 Å². The molecule has 0 spiro atoms. The fourth-order valence-electron chi connectivity index (χ4n) is 2.01. The summed E-state index contributed by atoms with van der Waals surface area (Å²) in [4.78, 5) is 13.2. The molecule has 0 saturated carbocycles. The highest BCUT2D eigenvalue weighted by atomic mass is 35.5. The number of hydrogen-bond donors (Lipinski definition) is 0. The second kappa shape index (κ2) is 6.32. The second-order valence-electron chi connectivity index (χ2n) is 4.34. The Hall–Kier alpha value is -1.17. The molecule has 1 unspecified atom stereocenters. The summed E-state index contributed by atoms with van der Waals surface area (Å²) < 4.78 is 23.4. The maximum Gasteiger partial charge on any atom is 0.319 e. The molecular weight excluding hydrogens is 273 g/mol. The molecule has 104 valence electrons. The molecule has 2 rings (SSSR count). The minimum absolute atomic E-state index is 0.0752. The van der Waals surface area contributed by atoms with Crippen molar-refractivity contribution in [3.8, 4) is 0 Å². The van der Waals surface area contributed by atoms with Crippen LogP contribution >= 0.6 is 11.6 Å². The zero-order valence-corrected chi connectivity index (χ0v) is 11.3. The second-order valence-corrected chi connectivity index (χ2v) is 4.75. The molecule has 0 radical (unpaired) electrons. The van der Waals surface area contributed by atoms with Crippen LogP contribution in [0.15, 0.2) is 18.2 Å². The van der Waals surface area contributed by atoms with Crippen LogP contribution in [0.2, 0.25) is 5.02 Å². The Bertz CT molecular complexity index is 469. The van der Waals surface area contributed by atoms with Gasteiger partial charge in [-0.15, -0.1) is 0 Å². The van der Waals surface area contributed by atoms with Gasteiger partial charge < -0.3 is 9.47 Å². The molecule has 4 nitrogen and oxygen atoms in total. The van der Waals surface area contributed by atoms with Crippen molar-refractivity contribution in [1.82, 2.24) is 4.90 Å². The molecule has 0 N–H and O–H groups in total. The smallest absolute Gasteiger partial charge is 0.319 e. The summed E-state index contributed by atoms with van der Waals surface area (Å²) in [6, 6.07) is 4.52. The number of hydrogen-bond acceptors (Lipinski definition) is 4. The highest BCUT2D eigenvalue weighted by Crippen LogP contribution is 2.26. The van der Waals surface area contributed by atoms with Crippen molar-refractivity contribution >= 4 is 17.6 Å².